The second kappa shape index (κ2) is 11.8. The van der Waals surface area contributed by atoms with Gasteiger partial charge in [0.1, 0.15) is 11.3 Å². The first-order valence-corrected chi connectivity index (χ1v) is 11.5. The normalized spacial score (nSPS) is 10.7. The molecule has 0 saturated carbocycles. The van der Waals surface area contributed by atoms with E-state index in [0.717, 1.165) is 10.5 Å². The summed E-state index contributed by atoms with van der Waals surface area (Å²) in [4.78, 5) is 20.4. The number of rotatable bonds is 7. The second-order valence-electron chi connectivity index (χ2n) is 7.28. The molecule has 192 valence electrons. The molecule has 0 atom stereocenters. The van der Waals surface area contributed by atoms with Crippen LogP contribution in [0.25, 0.3) is 11.0 Å². The van der Waals surface area contributed by atoms with Crippen LogP contribution in [0, 0.1) is 6.92 Å². The minimum Gasteiger partial charge on any atom is -0.497 e. The fourth-order valence-corrected chi connectivity index (χ4v) is 5.11. The minimum absolute atomic E-state index is 0. The highest BCUT2D eigenvalue weighted by molar-refractivity contribution is 7.92. The molecular formula is C22H25ClN6O6S. The smallest absolute Gasteiger partial charge is 0.339 e. The van der Waals surface area contributed by atoms with Crippen LogP contribution in [-0.4, -0.2) is 51.6 Å². The van der Waals surface area contributed by atoms with Gasteiger partial charge in [-0.2, -0.15) is 5.10 Å². The van der Waals surface area contributed by atoms with Crippen molar-refractivity contribution in [1.29, 1.82) is 0 Å². The van der Waals surface area contributed by atoms with Gasteiger partial charge in [-0.15, -0.1) is 12.4 Å². The van der Waals surface area contributed by atoms with Crippen molar-refractivity contribution in [1.82, 2.24) is 19.7 Å². The molecule has 14 heteroatoms. The van der Waals surface area contributed by atoms with Gasteiger partial charge in [-0.1, -0.05) is 6.07 Å². The van der Waals surface area contributed by atoms with Gasteiger partial charge in [0, 0.05) is 25.6 Å². The van der Waals surface area contributed by atoms with E-state index in [9.17, 15) is 18.3 Å². The Labute approximate surface area is 213 Å². The zero-order chi connectivity index (χ0) is 25.8. The molecule has 0 saturated heterocycles. The van der Waals surface area contributed by atoms with Gasteiger partial charge in [-0.25, -0.2) is 24.1 Å². The molecule has 0 fully saturated rings. The van der Waals surface area contributed by atoms with Crippen LogP contribution in [-0.2, 0) is 23.6 Å². The van der Waals surface area contributed by atoms with Crippen LogP contribution in [0.2, 0.25) is 0 Å². The van der Waals surface area contributed by atoms with Gasteiger partial charge in [0.15, 0.2) is 5.65 Å². The molecule has 12 nitrogen and oxygen atoms in total. The number of benzene rings is 1. The predicted molar refractivity (Wildman–Crippen MR) is 134 cm³/mol. The Bertz CT molecular complexity index is 1450. The number of carbonyl (C=O) groups is 1. The Morgan fingerprint density at radius 1 is 1.17 bits per heavy atom. The van der Waals surface area contributed by atoms with Crippen LogP contribution < -0.4 is 14.9 Å². The summed E-state index contributed by atoms with van der Waals surface area (Å²) < 4.78 is 35.5. The van der Waals surface area contributed by atoms with E-state index in [-0.39, 0.29) is 35.1 Å². The predicted octanol–water partition coefficient (Wildman–Crippen LogP) is 2.53. The maximum Gasteiger partial charge on any atom is 0.339 e. The first-order valence-electron chi connectivity index (χ1n) is 10.1. The number of ether oxygens (including phenoxy) is 1. The second-order valence-corrected chi connectivity index (χ2v) is 9.14. The molecule has 0 spiro atoms. The number of carboxylic acid groups (broad SMARTS) is 1. The fraction of sp³-hybridized carbons (Fsp3) is 0.182. The highest BCUT2D eigenvalue weighted by atomic mass is 35.5. The Kier molecular flexibility index (Phi) is 9.30. The number of halogens is 1. The van der Waals surface area contributed by atoms with Crippen LogP contribution in [0.3, 0.4) is 0 Å². The number of nitrogens with zero attached hydrogens (tertiary/aromatic N) is 5. The number of aryl methyl sites for hydroxylation is 2. The molecular weight excluding hydrogens is 512 g/mol. The quantitative estimate of drug-likeness (QED) is 0.298. The van der Waals surface area contributed by atoms with Crippen molar-refractivity contribution in [2.75, 3.05) is 11.4 Å². The molecule has 4 N–H and O–H groups in total. The number of fused-ring (bicyclic) bond motifs is 1. The molecule has 0 amide bonds. The van der Waals surface area contributed by atoms with Crippen molar-refractivity contribution in [3.63, 3.8) is 0 Å². The van der Waals surface area contributed by atoms with Gasteiger partial charge in [-0.05, 0) is 42.8 Å². The van der Waals surface area contributed by atoms with Crippen molar-refractivity contribution in [3.05, 3.63) is 71.8 Å². The topological polar surface area (TPSA) is 174 Å². The van der Waals surface area contributed by atoms with Crippen LogP contribution >= 0.6 is 12.4 Å². The Morgan fingerprint density at radius 2 is 1.83 bits per heavy atom. The van der Waals surface area contributed by atoms with Gasteiger partial charge in [-0.3, -0.25) is 14.0 Å². The Hall–Kier alpha value is -3.78. The standard InChI is InChI=1S/C22H21N5O5S.ClH.H3NO/c1-14-19-20(18(22(28)29)12-24-21(19)26(2)25-14)27(13-15-5-4-10-23-11-15)33(30,31)17-8-6-16(32-3)7-9-17;;1-2/h4-12H,13H2,1-3H3,(H,28,29);1H;2H,1H2. The van der Waals surface area contributed by atoms with Crippen LogP contribution in [0.15, 0.2) is 59.9 Å². The van der Waals surface area contributed by atoms with Crippen LogP contribution in [0.4, 0.5) is 5.69 Å². The van der Waals surface area contributed by atoms with E-state index >= 15 is 0 Å². The molecule has 3 heterocycles. The van der Waals surface area contributed by atoms with E-state index in [1.165, 1.54) is 42.3 Å². The average molecular weight is 537 g/mol. The van der Waals surface area contributed by atoms with Crippen molar-refractivity contribution >= 4 is 45.1 Å². The molecule has 0 bridgehead atoms. The number of sulfonamides is 1. The molecule has 0 aliphatic rings. The van der Waals surface area contributed by atoms with E-state index in [4.69, 9.17) is 9.94 Å². The van der Waals surface area contributed by atoms with Gasteiger partial charge < -0.3 is 15.1 Å². The molecule has 4 aromatic rings. The lowest BCUT2D eigenvalue weighted by molar-refractivity contribution is 0.0697. The third kappa shape index (κ3) is 5.39. The fourth-order valence-electron chi connectivity index (χ4n) is 3.63. The highest BCUT2D eigenvalue weighted by Crippen LogP contribution is 2.36. The van der Waals surface area contributed by atoms with Crippen molar-refractivity contribution in [3.8, 4) is 5.75 Å². The lowest BCUT2D eigenvalue weighted by Crippen LogP contribution is -2.32. The molecule has 0 unspecified atom stereocenters. The van der Waals surface area contributed by atoms with Gasteiger partial charge in [0.2, 0.25) is 0 Å². The summed E-state index contributed by atoms with van der Waals surface area (Å²) in [5.41, 5.74) is 1.16. The monoisotopic (exact) mass is 536 g/mol. The molecule has 0 aliphatic heterocycles. The number of pyridine rings is 2. The Balaban J connectivity index is 0.00000148. The summed E-state index contributed by atoms with van der Waals surface area (Å²) in [5, 5.41) is 21.1. The number of hydrogen-bond donors (Lipinski definition) is 3. The SMILES string of the molecule is COc1ccc(S(=O)(=O)N(Cc2cccnc2)c2c(C(=O)O)cnc3c2c(C)nn3C)cc1.Cl.NO. The number of carboxylic acids is 1. The number of aromatic nitrogens is 4. The summed E-state index contributed by atoms with van der Waals surface area (Å²) in [5.74, 6) is 2.69. The van der Waals surface area contributed by atoms with Gasteiger partial charge >= 0.3 is 5.97 Å². The lowest BCUT2D eigenvalue weighted by atomic mass is 10.1. The van der Waals surface area contributed by atoms with Crippen molar-refractivity contribution in [2.45, 2.75) is 18.4 Å². The summed E-state index contributed by atoms with van der Waals surface area (Å²) in [6, 6.07) is 9.30. The van der Waals surface area contributed by atoms with Crippen molar-refractivity contribution < 1.29 is 28.3 Å². The molecule has 4 rings (SSSR count). The third-order valence-electron chi connectivity index (χ3n) is 5.18. The van der Waals surface area contributed by atoms with E-state index < -0.39 is 16.0 Å². The van der Waals surface area contributed by atoms with Crippen LogP contribution in [0.5, 0.6) is 5.75 Å². The summed E-state index contributed by atoms with van der Waals surface area (Å²) in [7, 11) is -1.07. The number of nitrogens with two attached hydrogens (primary N) is 1. The maximum atomic E-state index is 13.9. The number of methoxy groups -OCH3 is 1. The van der Waals surface area contributed by atoms with Gasteiger partial charge in [0.05, 0.1) is 35.3 Å². The number of aromatic carboxylic acids is 1. The molecule has 0 aliphatic carbocycles. The lowest BCUT2D eigenvalue weighted by Gasteiger charge is -2.26. The summed E-state index contributed by atoms with van der Waals surface area (Å²) >= 11 is 0. The minimum atomic E-state index is -4.21. The zero-order valence-electron chi connectivity index (χ0n) is 19.6. The first-order chi connectivity index (χ1) is 16.7. The maximum absolute atomic E-state index is 13.9. The van der Waals surface area contributed by atoms with Gasteiger partial charge in [0.25, 0.3) is 10.0 Å². The van der Waals surface area contributed by atoms with E-state index in [1.54, 1.807) is 32.3 Å². The van der Waals surface area contributed by atoms with Crippen LogP contribution in [0.1, 0.15) is 21.6 Å². The molecule has 0 radical (unpaired) electrons. The van der Waals surface area contributed by atoms with E-state index in [0.29, 0.717) is 28.0 Å². The Morgan fingerprint density at radius 3 is 2.39 bits per heavy atom. The first kappa shape index (κ1) is 28.5. The number of anilines is 1. The largest absolute Gasteiger partial charge is 0.497 e. The average Bonchev–Trinajstić information content (AvgIpc) is 3.17. The van der Waals surface area contributed by atoms with Crippen molar-refractivity contribution in [2.24, 2.45) is 12.9 Å². The molecule has 36 heavy (non-hydrogen) atoms. The molecule has 1 aromatic carbocycles. The summed E-state index contributed by atoms with van der Waals surface area (Å²) in [6.07, 6.45) is 4.26. The zero-order valence-corrected chi connectivity index (χ0v) is 21.2. The number of hydrogen-bond acceptors (Lipinski definition) is 9. The summed E-state index contributed by atoms with van der Waals surface area (Å²) in [6.45, 7) is 1.54. The highest BCUT2D eigenvalue weighted by Gasteiger charge is 2.32. The molecule has 3 aromatic heterocycles. The van der Waals surface area contributed by atoms with E-state index in [2.05, 4.69) is 21.0 Å². The van der Waals surface area contributed by atoms with E-state index in [1.807, 2.05) is 0 Å². The third-order valence-corrected chi connectivity index (χ3v) is 6.94.